The third kappa shape index (κ3) is 3.72. The molecule has 0 fully saturated rings. The fourth-order valence-electron chi connectivity index (χ4n) is 1.77. The van der Waals surface area contributed by atoms with Crippen molar-refractivity contribution < 1.29 is 23.5 Å². The van der Waals surface area contributed by atoms with Crippen LogP contribution in [0.25, 0.3) is 11.3 Å². The van der Waals surface area contributed by atoms with Gasteiger partial charge in [-0.15, -0.1) is 5.10 Å². The van der Waals surface area contributed by atoms with Gasteiger partial charge in [0, 0.05) is 5.56 Å². The second-order valence-corrected chi connectivity index (χ2v) is 4.70. The smallest absolute Gasteiger partial charge is 0.387 e. The molecule has 0 atom stereocenters. The zero-order valence-electron chi connectivity index (χ0n) is 12.0. The van der Waals surface area contributed by atoms with Crippen molar-refractivity contribution in [3.05, 3.63) is 35.8 Å². The number of aromatic nitrogens is 2. The maximum absolute atomic E-state index is 12.4. The van der Waals surface area contributed by atoms with Gasteiger partial charge in [0.25, 0.3) is 0 Å². The molecule has 2 N–H and O–H groups in total. The summed E-state index contributed by atoms with van der Waals surface area (Å²) < 4.78 is 34.7. The van der Waals surface area contributed by atoms with Gasteiger partial charge < -0.3 is 14.7 Å². The van der Waals surface area contributed by atoms with Crippen LogP contribution < -0.4 is 15.0 Å². The molecule has 1 aromatic carbocycles. The van der Waals surface area contributed by atoms with E-state index >= 15 is 0 Å². The molecule has 1 aromatic heterocycles. The van der Waals surface area contributed by atoms with Gasteiger partial charge in [0.2, 0.25) is 0 Å². The molecule has 1 heterocycles. The largest absolute Gasteiger partial charge is 0.487 e. The molecule has 0 aliphatic rings. The molecule has 0 saturated heterocycles. The summed E-state index contributed by atoms with van der Waals surface area (Å²) in [4.78, 5) is 0.419. The molecule has 0 spiro atoms. The van der Waals surface area contributed by atoms with Crippen LogP contribution >= 0.6 is 0 Å². The Morgan fingerprint density at radius 3 is 2.45 bits per heavy atom. The predicted molar refractivity (Wildman–Crippen MR) is 73.1 cm³/mol. The highest BCUT2D eigenvalue weighted by molar-refractivity contribution is 5.63. The Bertz CT molecular complexity index is 717. The summed E-state index contributed by atoms with van der Waals surface area (Å²) in [6, 6.07) is 7.23. The number of rotatable bonds is 5. The SMILES string of the molecule is CC(C)Oc1cc(-c2ccc(=N)n(O)n2)ccc1OC(F)F. The highest BCUT2D eigenvalue weighted by Gasteiger charge is 2.14. The summed E-state index contributed by atoms with van der Waals surface area (Å²) in [7, 11) is 0. The van der Waals surface area contributed by atoms with Crippen LogP contribution in [0.5, 0.6) is 11.5 Å². The Morgan fingerprint density at radius 1 is 1.14 bits per heavy atom. The van der Waals surface area contributed by atoms with Crippen LogP contribution in [0, 0.1) is 5.41 Å². The van der Waals surface area contributed by atoms with E-state index in [0.29, 0.717) is 16.1 Å². The van der Waals surface area contributed by atoms with E-state index < -0.39 is 6.61 Å². The maximum Gasteiger partial charge on any atom is 0.387 e. The number of hydrogen-bond acceptors (Lipinski definition) is 5. The van der Waals surface area contributed by atoms with Crippen LogP contribution in [0.2, 0.25) is 0 Å². The molecule has 0 aliphatic heterocycles. The van der Waals surface area contributed by atoms with Crippen LogP contribution in [-0.2, 0) is 0 Å². The van der Waals surface area contributed by atoms with E-state index in [1.807, 2.05) is 0 Å². The van der Waals surface area contributed by atoms with Crippen molar-refractivity contribution in [2.45, 2.75) is 26.6 Å². The number of nitrogens with zero attached hydrogens (tertiary/aromatic N) is 2. The molecule has 0 saturated carbocycles. The topological polar surface area (TPSA) is 80.4 Å². The van der Waals surface area contributed by atoms with Gasteiger partial charge in [0.05, 0.1) is 11.8 Å². The monoisotopic (exact) mass is 311 g/mol. The Morgan fingerprint density at radius 2 is 1.86 bits per heavy atom. The zero-order chi connectivity index (χ0) is 16.3. The lowest BCUT2D eigenvalue weighted by molar-refractivity contribution is -0.0518. The van der Waals surface area contributed by atoms with Crippen LogP contribution in [0.15, 0.2) is 30.3 Å². The van der Waals surface area contributed by atoms with Crippen LogP contribution in [0.4, 0.5) is 8.78 Å². The number of alkyl halides is 2. The normalized spacial score (nSPS) is 11.0. The maximum atomic E-state index is 12.4. The molecule has 22 heavy (non-hydrogen) atoms. The summed E-state index contributed by atoms with van der Waals surface area (Å²) >= 11 is 0. The highest BCUT2D eigenvalue weighted by atomic mass is 19.3. The molecule has 0 aliphatic carbocycles. The van der Waals surface area contributed by atoms with E-state index in [4.69, 9.17) is 10.1 Å². The standard InChI is InChI=1S/C14H15F2N3O3/c1-8(2)21-12-7-9(3-5-11(12)22-14(15)16)10-4-6-13(17)19(20)18-10/h3-8,14,17,20H,1-2H3. The van der Waals surface area contributed by atoms with Crippen molar-refractivity contribution in [1.29, 1.82) is 5.41 Å². The first-order valence-electron chi connectivity index (χ1n) is 6.47. The van der Waals surface area contributed by atoms with Crippen LogP contribution in [0.1, 0.15) is 13.8 Å². The van der Waals surface area contributed by atoms with Crippen LogP contribution in [-0.4, -0.2) is 27.9 Å². The Kier molecular flexibility index (Phi) is 4.59. The molecular formula is C14H15F2N3O3. The molecular weight excluding hydrogens is 296 g/mol. The number of benzene rings is 1. The molecule has 0 unspecified atom stereocenters. The van der Waals surface area contributed by atoms with Crippen molar-refractivity contribution in [3.8, 4) is 22.8 Å². The van der Waals surface area contributed by atoms with E-state index in [1.165, 1.54) is 30.3 Å². The third-order valence-electron chi connectivity index (χ3n) is 2.64. The second kappa shape index (κ2) is 6.42. The van der Waals surface area contributed by atoms with Gasteiger partial charge >= 0.3 is 6.61 Å². The first-order valence-corrected chi connectivity index (χ1v) is 6.47. The molecule has 8 heteroatoms. The molecule has 118 valence electrons. The van der Waals surface area contributed by atoms with Crippen LogP contribution in [0.3, 0.4) is 0 Å². The van der Waals surface area contributed by atoms with Gasteiger partial charge in [-0.1, -0.05) is 4.85 Å². The van der Waals surface area contributed by atoms with Gasteiger partial charge in [-0.25, -0.2) is 0 Å². The molecule has 0 radical (unpaired) electrons. The average molecular weight is 311 g/mol. The highest BCUT2D eigenvalue weighted by Crippen LogP contribution is 2.33. The molecule has 6 nitrogen and oxygen atoms in total. The number of hydrogen-bond donors (Lipinski definition) is 2. The molecule has 0 amide bonds. The van der Waals surface area contributed by atoms with Crippen molar-refractivity contribution in [2.75, 3.05) is 0 Å². The minimum Gasteiger partial charge on any atom is -0.487 e. The summed E-state index contributed by atoms with van der Waals surface area (Å²) in [6.45, 7) is 0.557. The van der Waals surface area contributed by atoms with E-state index in [0.717, 1.165) is 0 Å². The third-order valence-corrected chi connectivity index (χ3v) is 2.64. The molecule has 0 bridgehead atoms. The predicted octanol–water partition coefficient (Wildman–Crippen LogP) is 2.66. The van der Waals surface area contributed by atoms with E-state index in [2.05, 4.69) is 9.84 Å². The average Bonchev–Trinajstić information content (AvgIpc) is 2.43. The Hall–Kier alpha value is -2.64. The molecule has 2 aromatic rings. The first kappa shape index (κ1) is 15.7. The number of nitrogens with one attached hydrogen (secondary N) is 1. The summed E-state index contributed by atoms with van der Waals surface area (Å²) in [5.41, 5.74) is 0.704. The number of halogens is 2. The minimum absolute atomic E-state index is 0.0820. The lowest BCUT2D eigenvalue weighted by Crippen LogP contribution is -2.19. The van der Waals surface area contributed by atoms with Crippen molar-refractivity contribution >= 4 is 0 Å². The lowest BCUT2D eigenvalue weighted by Gasteiger charge is -2.15. The second-order valence-electron chi connectivity index (χ2n) is 4.70. The van der Waals surface area contributed by atoms with E-state index in [1.54, 1.807) is 13.8 Å². The van der Waals surface area contributed by atoms with Gasteiger partial charge in [-0.3, -0.25) is 5.41 Å². The van der Waals surface area contributed by atoms with Crippen molar-refractivity contribution in [1.82, 2.24) is 9.94 Å². The van der Waals surface area contributed by atoms with E-state index in [9.17, 15) is 14.0 Å². The quantitative estimate of drug-likeness (QED) is 0.832. The summed E-state index contributed by atoms with van der Waals surface area (Å²) in [5, 5.41) is 20.6. The number of ether oxygens (including phenoxy) is 2. The van der Waals surface area contributed by atoms with Crippen molar-refractivity contribution in [3.63, 3.8) is 0 Å². The van der Waals surface area contributed by atoms with Crippen molar-refractivity contribution in [2.24, 2.45) is 0 Å². The summed E-state index contributed by atoms with van der Waals surface area (Å²) in [6.07, 6.45) is -0.235. The fourth-order valence-corrected chi connectivity index (χ4v) is 1.77. The first-order chi connectivity index (χ1) is 10.4. The zero-order valence-corrected chi connectivity index (χ0v) is 12.0. The van der Waals surface area contributed by atoms with Gasteiger partial charge in [-0.05, 0) is 44.2 Å². The Labute approximate surface area is 125 Å². The minimum atomic E-state index is -2.96. The van der Waals surface area contributed by atoms with Gasteiger partial charge in [-0.2, -0.15) is 8.78 Å². The van der Waals surface area contributed by atoms with Gasteiger partial charge in [0.15, 0.2) is 17.0 Å². The Balaban J connectivity index is 2.44. The van der Waals surface area contributed by atoms with Gasteiger partial charge in [0.1, 0.15) is 0 Å². The van der Waals surface area contributed by atoms with E-state index in [-0.39, 0.29) is 23.1 Å². The molecule has 2 rings (SSSR count). The summed E-state index contributed by atoms with van der Waals surface area (Å²) in [5.74, 6) is 0.0653. The fraction of sp³-hybridized carbons (Fsp3) is 0.286. The lowest BCUT2D eigenvalue weighted by atomic mass is 10.1.